The molecule has 0 aromatic carbocycles. The number of anilines is 1. The van der Waals surface area contributed by atoms with Gasteiger partial charge >= 0.3 is 18.5 Å². The van der Waals surface area contributed by atoms with Crippen LogP contribution >= 0.6 is 0 Å². The van der Waals surface area contributed by atoms with Crippen LogP contribution in [-0.4, -0.2) is 55.1 Å². The van der Waals surface area contributed by atoms with Gasteiger partial charge in [0.15, 0.2) is 5.82 Å². The van der Waals surface area contributed by atoms with Crippen molar-refractivity contribution in [3.8, 4) is 11.3 Å². The Morgan fingerprint density at radius 2 is 1.67 bits per heavy atom. The Labute approximate surface area is 194 Å². The molecule has 36 heavy (non-hydrogen) atoms. The van der Waals surface area contributed by atoms with E-state index < -0.39 is 59.9 Å². The molecule has 3 heterocycles. The third kappa shape index (κ3) is 4.74. The second-order valence-corrected chi connectivity index (χ2v) is 7.57. The molecule has 0 bridgehead atoms. The molecule has 0 aliphatic heterocycles. The molecule has 4 N–H and O–H groups in total. The van der Waals surface area contributed by atoms with Gasteiger partial charge in [-0.05, 0) is 19.1 Å². The van der Waals surface area contributed by atoms with Crippen molar-refractivity contribution in [3.63, 3.8) is 0 Å². The molecule has 0 unspecified atom stereocenters. The first-order valence-corrected chi connectivity index (χ1v) is 9.69. The number of nitrogens with one attached hydrogen (secondary N) is 1. The van der Waals surface area contributed by atoms with Gasteiger partial charge in [-0.15, -0.1) is 0 Å². The summed E-state index contributed by atoms with van der Waals surface area (Å²) in [6.45, 7) is 0.0338. The first-order valence-electron chi connectivity index (χ1n) is 9.69. The van der Waals surface area contributed by atoms with E-state index in [-0.39, 0.29) is 22.5 Å². The maximum absolute atomic E-state index is 13.5. The topological polar surface area (TPSA) is 118 Å². The molecule has 0 saturated heterocycles. The summed E-state index contributed by atoms with van der Waals surface area (Å²) in [5, 5.41) is 14.7. The minimum Gasteiger partial charge on any atom is -0.382 e. The number of rotatable bonds is 5. The van der Waals surface area contributed by atoms with Gasteiger partial charge in [0, 0.05) is 24.7 Å². The Morgan fingerprint density at radius 1 is 1.06 bits per heavy atom. The van der Waals surface area contributed by atoms with Gasteiger partial charge in [-0.25, -0.2) is 9.50 Å². The van der Waals surface area contributed by atoms with Crippen LogP contribution in [0.25, 0.3) is 16.8 Å². The number of nitrogen functional groups attached to an aromatic ring is 1. The number of hydrogen-bond acceptors (Lipinski definition) is 6. The predicted octanol–water partition coefficient (Wildman–Crippen LogP) is 3.68. The zero-order chi connectivity index (χ0) is 27.3. The maximum atomic E-state index is 13.5. The normalized spacial score (nSPS) is 13.3. The Morgan fingerprint density at radius 3 is 2.22 bits per heavy atom. The number of aliphatic hydroxyl groups is 1. The van der Waals surface area contributed by atoms with Crippen LogP contribution < -0.4 is 11.1 Å². The summed E-state index contributed by atoms with van der Waals surface area (Å²) >= 11 is 0. The van der Waals surface area contributed by atoms with Crippen LogP contribution in [0, 0.1) is 6.92 Å². The number of carbonyl (C=O) groups excluding carboxylic acids is 1. The molecular formula is C19H15F9N6O2. The number of amides is 1. The molecule has 0 aliphatic carbocycles. The van der Waals surface area contributed by atoms with Crippen molar-refractivity contribution in [2.24, 2.45) is 0 Å². The highest BCUT2D eigenvalue weighted by molar-refractivity contribution is 5.96. The smallest absolute Gasteiger partial charge is 0.382 e. The van der Waals surface area contributed by atoms with Gasteiger partial charge < -0.3 is 16.2 Å². The molecule has 1 amide bonds. The van der Waals surface area contributed by atoms with Crippen LogP contribution in [0.15, 0.2) is 24.7 Å². The van der Waals surface area contributed by atoms with Crippen LogP contribution in [0.5, 0.6) is 0 Å². The summed E-state index contributed by atoms with van der Waals surface area (Å²) < 4.78 is 118. The zero-order valence-corrected chi connectivity index (χ0v) is 17.8. The van der Waals surface area contributed by atoms with E-state index >= 15 is 0 Å². The summed E-state index contributed by atoms with van der Waals surface area (Å²) in [7, 11) is 0. The van der Waals surface area contributed by atoms with E-state index in [2.05, 4.69) is 15.1 Å². The molecule has 0 saturated carbocycles. The maximum Gasteiger partial charge on any atom is 0.426 e. The molecule has 3 rings (SSSR count). The molecule has 0 aliphatic rings. The third-order valence-corrected chi connectivity index (χ3v) is 5.23. The number of halogens is 9. The monoisotopic (exact) mass is 530 g/mol. The van der Waals surface area contributed by atoms with Gasteiger partial charge in [-0.2, -0.15) is 44.6 Å². The lowest BCUT2D eigenvalue weighted by molar-refractivity contribution is -0.369. The molecule has 0 atom stereocenters. The quantitative estimate of drug-likeness (QED) is 0.434. The van der Waals surface area contributed by atoms with E-state index in [0.717, 1.165) is 23.1 Å². The lowest BCUT2D eigenvalue weighted by atomic mass is 9.98. The summed E-state index contributed by atoms with van der Waals surface area (Å²) in [5.74, 6) is -1.68. The highest BCUT2D eigenvalue weighted by atomic mass is 19.4. The summed E-state index contributed by atoms with van der Waals surface area (Å²) in [5.41, 5.74) is -2.00. The van der Waals surface area contributed by atoms with Crippen molar-refractivity contribution < 1.29 is 49.4 Å². The molecule has 0 fully saturated rings. The van der Waals surface area contributed by atoms with Gasteiger partial charge in [0.2, 0.25) is 0 Å². The summed E-state index contributed by atoms with van der Waals surface area (Å²) in [4.78, 5) is 19.9. The highest BCUT2D eigenvalue weighted by Gasteiger charge is 2.69. The second-order valence-electron chi connectivity index (χ2n) is 7.57. The fourth-order valence-electron chi connectivity index (χ4n) is 3.29. The Kier molecular flexibility index (Phi) is 6.58. The van der Waals surface area contributed by atoms with Crippen LogP contribution in [0.1, 0.15) is 28.0 Å². The van der Waals surface area contributed by atoms with E-state index in [1.807, 2.05) is 5.32 Å². The van der Waals surface area contributed by atoms with Crippen LogP contribution in [0.4, 0.5) is 45.3 Å². The van der Waals surface area contributed by atoms with Crippen molar-refractivity contribution in [1.82, 2.24) is 24.9 Å². The second kappa shape index (κ2) is 8.79. The van der Waals surface area contributed by atoms with E-state index in [1.165, 1.54) is 6.92 Å². The molecule has 196 valence electrons. The zero-order valence-electron chi connectivity index (χ0n) is 17.8. The van der Waals surface area contributed by atoms with Crippen molar-refractivity contribution in [2.45, 2.75) is 37.5 Å². The number of nitrogens with two attached hydrogens (primary N) is 1. The molecule has 0 spiro atoms. The Hall–Kier alpha value is -3.63. The number of hydrogen-bond donors (Lipinski definition) is 3. The van der Waals surface area contributed by atoms with Gasteiger partial charge in [0.1, 0.15) is 11.8 Å². The van der Waals surface area contributed by atoms with Crippen molar-refractivity contribution in [2.75, 3.05) is 12.3 Å². The molecular weight excluding hydrogens is 515 g/mol. The largest absolute Gasteiger partial charge is 0.426 e. The fourth-order valence-corrected chi connectivity index (χ4v) is 3.29. The van der Waals surface area contributed by atoms with Gasteiger partial charge in [0.05, 0.1) is 22.5 Å². The minimum absolute atomic E-state index is 0.0378. The van der Waals surface area contributed by atoms with Gasteiger partial charge in [-0.3, -0.25) is 9.78 Å². The molecule has 0 radical (unpaired) electrons. The molecule has 3 aromatic rings. The van der Waals surface area contributed by atoms with Crippen molar-refractivity contribution >= 4 is 17.2 Å². The third-order valence-electron chi connectivity index (χ3n) is 5.23. The first kappa shape index (κ1) is 27.0. The lowest BCUT2D eigenvalue weighted by Crippen LogP contribution is -2.58. The number of alkyl halides is 9. The van der Waals surface area contributed by atoms with Gasteiger partial charge in [-0.1, -0.05) is 0 Å². The number of aromatic nitrogens is 4. The van der Waals surface area contributed by atoms with E-state index in [4.69, 9.17) is 5.73 Å². The van der Waals surface area contributed by atoms with Crippen LogP contribution in [0.2, 0.25) is 0 Å². The Bertz CT molecular complexity index is 1280. The summed E-state index contributed by atoms with van der Waals surface area (Å²) in [6.07, 6.45) is -17.0. The number of nitrogens with zero attached hydrogens (tertiary/aromatic N) is 4. The van der Waals surface area contributed by atoms with Gasteiger partial charge in [0.25, 0.3) is 11.5 Å². The first-order chi connectivity index (χ1) is 16.4. The standard InChI is InChI=1S/C19H15F9N6O2/c1-8-10(15(35)30-3-2-16(36,18(23,24)25)19(26,27)28)4-9(6-31-8)12-5-11(17(20,21)22)13-14(29)32-7-33-34(12)13/h4-7,36H,2-3H2,1H3,(H,30,35)(H2,29,32,33). The lowest BCUT2D eigenvalue weighted by Gasteiger charge is -2.32. The summed E-state index contributed by atoms with van der Waals surface area (Å²) in [6, 6.07) is 1.69. The average Bonchev–Trinajstić information content (AvgIpc) is 3.14. The average molecular weight is 530 g/mol. The molecule has 8 nitrogen and oxygen atoms in total. The number of pyridine rings is 1. The molecule has 3 aromatic heterocycles. The van der Waals surface area contributed by atoms with E-state index in [9.17, 15) is 49.4 Å². The highest BCUT2D eigenvalue weighted by Crippen LogP contribution is 2.45. The number of fused-ring (bicyclic) bond motifs is 1. The minimum atomic E-state index is -6.07. The van der Waals surface area contributed by atoms with Crippen molar-refractivity contribution in [3.05, 3.63) is 41.5 Å². The van der Waals surface area contributed by atoms with E-state index in [1.54, 1.807) is 0 Å². The number of aryl methyl sites for hydroxylation is 1. The van der Waals surface area contributed by atoms with Crippen LogP contribution in [-0.2, 0) is 6.18 Å². The Balaban J connectivity index is 1.94. The SMILES string of the molecule is Cc1ncc(-c2cc(C(F)(F)F)c3c(N)ncnn23)cc1C(=O)NCCC(O)(C(F)(F)F)C(F)(F)F. The van der Waals surface area contributed by atoms with Crippen LogP contribution in [0.3, 0.4) is 0 Å². The van der Waals surface area contributed by atoms with E-state index in [0.29, 0.717) is 6.07 Å². The fraction of sp³-hybridized carbons (Fsp3) is 0.368. The van der Waals surface area contributed by atoms with Crippen molar-refractivity contribution in [1.29, 1.82) is 0 Å². The molecule has 17 heteroatoms. The number of carbonyl (C=O) groups is 1. The predicted molar refractivity (Wildman–Crippen MR) is 104 cm³/mol.